The average Bonchev–Trinajstić information content (AvgIpc) is 3.15. The van der Waals surface area contributed by atoms with Crippen LogP contribution in [-0.4, -0.2) is 38.0 Å². The summed E-state index contributed by atoms with van der Waals surface area (Å²) in [7, 11) is 0. The van der Waals surface area contributed by atoms with Crippen LogP contribution in [0.1, 0.15) is 45.1 Å². The summed E-state index contributed by atoms with van der Waals surface area (Å²) in [4.78, 5) is 34.9. The average molecular weight is 450 g/mol. The fourth-order valence-electron chi connectivity index (χ4n) is 3.48. The molecule has 7 nitrogen and oxygen atoms in total. The lowest BCUT2D eigenvalue weighted by Crippen LogP contribution is -2.43. The number of carbonyl (C=O) groups excluding carboxylic acids is 2. The molecule has 1 aliphatic heterocycles. The molecule has 0 radical (unpaired) electrons. The van der Waals surface area contributed by atoms with Gasteiger partial charge in [0.1, 0.15) is 11.4 Å². The summed E-state index contributed by atoms with van der Waals surface area (Å²) in [5.41, 5.74) is 0.0107. The number of anilines is 1. The van der Waals surface area contributed by atoms with Crippen LogP contribution in [0.4, 0.5) is 18.9 Å². The second kappa shape index (κ2) is 7.77. The third kappa shape index (κ3) is 3.90. The zero-order chi connectivity index (χ0) is 22.3. The molecule has 0 aliphatic carbocycles. The third-order valence-corrected chi connectivity index (χ3v) is 5.27. The minimum atomic E-state index is -4.60. The van der Waals surface area contributed by atoms with Gasteiger partial charge in [0.05, 0.1) is 29.0 Å². The van der Waals surface area contributed by atoms with E-state index in [4.69, 9.17) is 11.6 Å². The van der Waals surface area contributed by atoms with E-state index < -0.39 is 22.7 Å². The molecule has 31 heavy (non-hydrogen) atoms. The van der Waals surface area contributed by atoms with Gasteiger partial charge in [-0.3, -0.25) is 19.3 Å². The van der Waals surface area contributed by atoms with Gasteiger partial charge in [-0.1, -0.05) is 11.6 Å². The van der Waals surface area contributed by atoms with E-state index in [1.165, 1.54) is 40.4 Å². The SMILES string of the molecule is C[C@H]1CN(c2ccc(C(F)(F)F)c(Cl)c2)C(=O)c2c(CC(=O)c3cnccn3)cnn21. The van der Waals surface area contributed by atoms with Crippen LogP contribution >= 0.6 is 11.6 Å². The van der Waals surface area contributed by atoms with Gasteiger partial charge < -0.3 is 4.90 Å². The molecule has 2 aromatic heterocycles. The summed E-state index contributed by atoms with van der Waals surface area (Å²) in [5, 5.41) is 3.74. The van der Waals surface area contributed by atoms with Gasteiger partial charge in [-0.25, -0.2) is 4.98 Å². The van der Waals surface area contributed by atoms with Crippen molar-refractivity contribution in [3.8, 4) is 0 Å². The Labute approximate surface area is 179 Å². The number of carbonyl (C=O) groups is 2. The van der Waals surface area contributed by atoms with Crippen molar-refractivity contribution in [1.82, 2.24) is 19.7 Å². The predicted molar refractivity (Wildman–Crippen MR) is 105 cm³/mol. The number of hydrogen-bond donors (Lipinski definition) is 0. The highest BCUT2D eigenvalue weighted by Gasteiger charge is 2.36. The minimum absolute atomic E-state index is 0.117. The Hall–Kier alpha value is -3.27. The van der Waals surface area contributed by atoms with Crippen LogP contribution in [0.2, 0.25) is 5.02 Å². The normalized spacial score (nSPS) is 16.4. The maximum atomic E-state index is 13.2. The Morgan fingerprint density at radius 2 is 2.03 bits per heavy atom. The monoisotopic (exact) mass is 449 g/mol. The molecule has 4 rings (SSSR count). The van der Waals surface area contributed by atoms with Crippen molar-refractivity contribution in [2.75, 3.05) is 11.4 Å². The van der Waals surface area contributed by atoms with Gasteiger partial charge in [-0.05, 0) is 25.1 Å². The molecular formula is C20H15ClF3N5O2. The number of aromatic nitrogens is 4. The Kier molecular flexibility index (Phi) is 5.26. The Balaban J connectivity index is 1.66. The first-order chi connectivity index (χ1) is 14.7. The van der Waals surface area contributed by atoms with Gasteiger partial charge in [0.25, 0.3) is 5.91 Å². The van der Waals surface area contributed by atoms with Gasteiger partial charge in [-0.15, -0.1) is 0 Å². The van der Waals surface area contributed by atoms with E-state index >= 15 is 0 Å². The molecule has 3 aromatic rings. The van der Waals surface area contributed by atoms with Crippen molar-refractivity contribution >= 4 is 29.0 Å². The number of halogens is 4. The molecule has 0 unspecified atom stereocenters. The standard InChI is InChI=1S/C20H15ClF3N5O2/c1-11-10-28(13-2-3-14(15(21)7-13)20(22,23)24)19(31)18-12(8-27-29(11)18)6-17(30)16-9-25-4-5-26-16/h2-5,7-9,11H,6,10H2,1H3/t11-/m0/s1. The van der Waals surface area contributed by atoms with Gasteiger partial charge in [0.15, 0.2) is 5.78 Å². The second-order valence-corrected chi connectivity index (χ2v) is 7.49. The van der Waals surface area contributed by atoms with Crippen LogP contribution in [0.15, 0.2) is 43.0 Å². The molecule has 0 fully saturated rings. The van der Waals surface area contributed by atoms with Crippen LogP contribution in [0.25, 0.3) is 0 Å². The fraction of sp³-hybridized carbons (Fsp3) is 0.250. The lowest BCUT2D eigenvalue weighted by molar-refractivity contribution is -0.137. The molecule has 11 heteroatoms. The number of alkyl halides is 3. The first kappa shape index (κ1) is 21.0. The highest BCUT2D eigenvalue weighted by molar-refractivity contribution is 6.31. The fourth-order valence-corrected chi connectivity index (χ4v) is 3.76. The third-order valence-electron chi connectivity index (χ3n) is 4.95. The van der Waals surface area contributed by atoms with Crippen molar-refractivity contribution in [3.63, 3.8) is 0 Å². The first-order valence-corrected chi connectivity index (χ1v) is 9.59. The highest BCUT2D eigenvalue weighted by Crippen LogP contribution is 2.37. The number of benzene rings is 1. The first-order valence-electron chi connectivity index (χ1n) is 9.21. The quantitative estimate of drug-likeness (QED) is 0.562. The van der Waals surface area contributed by atoms with Crippen molar-refractivity contribution in [3.05, 3.63) is 70.5 Å². The largest absolute Gasteiger partial charge is 0.417 e. The summed E-state index contributed by atoms with van der Waals surface area (Å²) >= 11 is 5.83. The van der Waals surface area contributed by atoms with Crippen LogP contribution in [0.3, 0.4) is 0 Å². The Morgan fingerprint density at radius 3 is 2.68 bits per heavy atom. The lowest BCUT2D eigenvalue weighted by atomic mass is 10.0. The van der Waals surface area contributed by atoms with Gasteiger partial charge in [-0.2, -0.15) is 18.3 Å². The van der Waals surface area contributed by atoms with E-state index in [0.29, 0.717) is 5.56 Å². The van der Waals surface area contributed by atoms with Crippen LogP contribution in [0.5, 0.6) is 0 Å². The Bertz CT molecular complexity index is 1160. The molecule has 0 bridgehead atoms. The molecule has 160 valence electrons. The van der Waals surface area contributed by atoms with Gasteiger partial charge in [0.2, 0.25) is 0 Å². The van der Waals surface area contributed by atoms with Crippen LogP contribution in [-0.2, 0) is 12.6 Å². The zero-order valence-electron chi connectivity index (χ0n) is 16.1. The number of Topliss-reactive ketones (excluding diaryl/α,β-unsaturated/α-hetero) is 1. The van der Waals surface area contributed by atoms with Gasteiger partial charge >= 0.3 is 6.18 Å². The molecule has 3 heterocycles. The predicted octanol–water partition coefficient (Wildman–Crippen LogP) is 3.99. The van der Waals surface area contributed by atoms with E-state index in [0.717, 1.165) is 12.1 Å². The number of hydrogen-bond acceptors (Lipinski definition) is 5. The topological polar surface area (TPSA) is 81.0 Å². The molecular weight excluding hydrogens is 435 g/mol. The van der Waals surface area contributed by atoms with Crippen molar-refractivity contribution in [1.29, 1.82) is 0 Å². The molecule has 0 saturated carbocycles. The van der Waals surface area contributed by atoms with Crippen molar-refractivity contribution in [2.45, 2.75) is 25.6 Å². The molecule has 0 N–H and O–H groups in total. The maximum absolute atomic E-state index is 13.2. The zero-order valence-corrected chi connectivity index (χ0v) is 16.9. The highest BCUT2D eigenvalue weighted by atomic mass is 35.5. The van der Waals surface area contributed by atoms with E-state index in [1.54, 1.807) is 0 Å². The molecule has 0 spiro atoms. The molecule has 1 amide bonds. The van der Waals surface area contributed by atoms with Crippen molar-refractivity contribution < 1.29 is 22.8 Å². The van der Waals surface area contributed by atoms with E-state index in [9.17, 15) is 22.8 Å². The molecule has 0 saturated heterocycles. The molecule has 1 aromatic carbocycles. The van der Waals surface area contributed by atoms with E-state index in [-0.39, 0.29) is 41.9 Å². The van der Waals surface area contributed by atoms with Crippen LogP contribution < -0.4 is 4.90 Å². The number of amides is 1. The van der Waals surface area contributed by atoms with Gasteiger partial charge in [0, 0.05) is 36.6 Å². The van der Waals surface area contributed by atoms with Crippen molar-refractivity contribution in [2.24, 2.45) is 0 Å². The van der Waals surface area contributed by atoms with E-state index in [1.807, 2.05) is 6.92 Å². The summed E-state index contributed by atoms with van der Waals surface area (Å²) in [6.45, 7) is 2.00. The molecule has 1 atom stereocenters. The summed E-state index contributed by atoms with van der Waals surface area (Å²) in [6.07, 6.45) is 0.900. The maximum Gasteiger partial charge on any atom is 0.417 e. The smallest absolute Gasteiger partial charge is 0.305 e. The summed E-state index contributed by atoms with van der Waals surface area (Å²) in [6, 6.07) is 2.90. The number of nitrogens with zero attached hydrogens (tertiary/aromatic N) is 5. The summed E-state index contributed by atoms with van der Waals surface area (Å²) in [5.74, 6) is -0.813. The lowest BCUT2D eigenvalue weighted by Gasteiger charge is -2.32. The number of fused-ring (bicyclic) bond motifs is 1. The molecule has 1 aliphatic rings. The van der Waals surface area contributed by atoms with Crippen LogP contribution in [0, 0.1) is 0 Å². The summed E-state index contributed by atoms with van der Waals surface area (Å²) < 4.78 is 40.6. The Morgan fingerprint density at radius 1 is 1.26 bits per heavy atom. The minimum Gasteiger partial charge on any atom is -0.305 e. The number of rotatable bonds is 4. The van der Waals surface area contributed by atoms with E-state index in [2.05, 4.69) is 15.1 Å². The second-order valence-electron chi connectivity index (χ2n) is 7.08. The number of ketones is 1.